The molecule has 0 saturated carbocycles. The molecule has 0 aliphatic rings. The highest BCUT2D eigenvalue weighted by Crippen LogP contribution is 2.19. The zero-order valence-corrected chi connectivity index (χ0v) is 7.40. The van der Waals surface area contributed by atoms with E-state index in [2.05, 4.69) is 0 Å². The van der Waals surface area contributed by atoms with Crippen molar-refractivity contribution in [2.24, 2.45) is 0 Å². The Bertz CT molecular complexity index is 307. The van der Waals surface area contributed by atoms with E-state index in [1.807, 2.05) is 0 Å². The van der Waals surface area contributed by atoms with Gasteiger partial charge in [-0.05, 0) is 18.1 Å². The summed E-state index contributed by atoms with van der Waals surface area (Å²) in [5.41, 5.74) is 1.36. The van der Waals surface area contributed by atoms with E-state index in [4.69, 9.17) is 10.2 Å². The maximum atomic E-state index is 10.7. The molecular formula is C10H12O3. The van der Waals surface area contributed by atoms with Crippen molar-refractivity contribution in [1.29, 1.82) is 0 Å². The van der Waals surface area contributed by atoms with Crippen LogP contribution in [0.5, 0.6) is 0 Å². The number of rotatable bonds is 3. The second kappa shape index (κ2) is 4.05. The first kappa shape index (κ1) is 9.74. The number of aliphatic carboxylic acids is 1. The Kier molecular flexibility index (Phi) is 3.03. The molecule has 0 aromatic heterocycles. The van der Waals surface area contributed by atoms with Crippen molar-refractivity contribution in [3.63, 3.8) is 0 Å². The van der Waals surface area contributed by atoms with Gasteiger partial charge in [-0.1, -0.05) is 24.3 Å². The lowest BCUT2D eigenvalue weighted by atomic mass is 9.96. The summed E-state index contributed by atoms with van der Waals surface area (Å²) in [7, 11) is 0. The average molecular weight is 180 g/mol. The van der Waals surface area contributed by atoms with Crippen LogP contribution in [0.4, 0.5) is 0 Å². The van der Waals surface area contributed by atoms with E-state index in [1.165, 1.54) is 0 Å². The number of carbonyl (C=O) groups is 1. The molecule has 0 aliphatic heterocycles. The molecule has 0 heterocycles. The third-order valence-electron chi connectivity index (χ3n) is 2.06. The van der Waals surface area contributed by atoms with Gasteiger partial charge in [0, 0.05) is 0 Å². The van der Waals surface area contributed by atoms with E-state index in [-0.39, 0.29) is 6.61 Å². The van der Waals surface area contributed by atoms with Crippen LogP contribution < -0.4 is 0 Å². The van der Waals surface area contributed by atoms with Crippen LogP contribution in [0.1, 0.15) is 24.0 Å². The Morgan fingerprint density at radius 1 is 1.46 bits per heavy atom. The molecule has 0 fully saturated rings. The Hall–Kier alpha value is -1.35. The predicted molar refractivity (Wildman–Crippen MR) is 48.4 cm³/mol. The molecule has 0 spiro atoms. The molecular weight excluding hydrogens is 168 g/mol. The molecule has 70 valence electrons. The van der Waals surface area contributed by atoms with Gasteiger partial charge in [0.2, 0.25) is 0 Å². The van der Waals surface area contributed by atoms with Gasteiger partial charge in [0.15, 0.2) is 0 Å². The van der Waals surface area contributed by atoms with Crippen molar-refractivity contribution in [2.45, 2.75) is 19.4 Å². The molecule has 3 heteroatoms. The fourth-order valence-electron chi connectivity index (χ4n) is 1.23. The van der Waals surface area contributed by atoms with Crippen LogP contribution in [0.3, 0.4) is 0 Å². The molecule has 1 aromatic rings. The first-order chi connectivity index (χ1) is 6.16. The van der Waals surface area contributed by atoms with Gasteiger partial charge >= 0.3 is 5.97 Å². The van der Waals surface area contributed by atoms with E-state index < -0.39 is 11.9 Å². The van der Waals surface area contributed by atoms with E-state index in [9.17, 15) is 4.79 Å². The van der Waals surface area contributed by atoms with Crippen LogP contribution in [0.15, 0.2) is 24.3 Å². The summed E-state index contributed by atoms with van der Waals surface area (Å²) in [4.78, 5) is 10.7. The normalized spacial score (nSPS) is 12.5. The second-order valence-corrected chi connectivity index (χ2v) is 2.92. The van der Waals surface area contributed by atoms with E-state index in [1.54, 1.807) is 31.2 Å². The summed E-state index contributed by atoms with van der Waals surface area (Å²) in [6, 6.07) is 7.01. The molecule has 0 unspecified atom stereocenters. The lowest BCUT2D eigenvalue weighted by molar-refractivity contribution is -0.138. The van der Waals surface area contributed by atoms with E-state index in [0.29, 0.717) is 11.1 Å². The minimum Gasteiger partial charge on any atom is -0.481 e. The molecule has 0 aliphatic carbocycles. The number of aliphatic hydroxyl groups excluding tert-OH is 1. The van der Waals surface area contributed by atoms with Gasteiger partial charge in [0.25, 0.3) is 0 Å². The zero-order chi connectivity index (χ0) is 9.84. The van der Waals surface area contributed by atoms with Gasteiger partial charge in [-0.2, -0.15) is 0 Å². The maximum absolute atomic E-state index is 10.7. The summed E-state index contributed by atoms with van der Waals surface area (Å²) in [5, 5.41) is 17.7. The number of carboxylic acid groups (broad SMARTS) is 1. The monoisotopic (exact) mass is 180 g/mol. The highest BCUT2D eigenvalue weighted by Gasteiger charge is 2.15. The summed E-state index contributed by atoms with van der Waals surface area (Å²) in [5.74, 6) is -1.44. The van der Waals surface area contributed by atoms with Crippen LogP contribution >= 0.6 is 0 Å². The first-order valence-electron chi connectivity index (χ1n) is 4.08. The average Bonchev–Trinajstić information content (AvgIpc) is 2.16. The smallest absolute Gasteiger partial charge is 0.310 e. The van der Waals surface area contributed by atoms with Crippen molar-refractivity contribution >= 4 is 5.97 Å². The third-order valence-corrected chi connectivity index (χ3v) is 2.06. The van der Waals surface area contributed by atoms with Crippen LogP contribution in [0, 0.1) is 0 Å². The van der Waals surface area contributed by atoms with Gasteiger partial charge in [-0.3, -0.25) is 4.79 Å². The largest absolute Gasteiger partial charge is 0.481 e. The zero-order valence-electron chi connectivity index (χ0n) is 7.40. The van der Waals surface area contributed by atoms with Crippen LogP contribution in [-0.2, 0) is 11.4 Å². The quantitative estimate of drug-likeness (QED) is 0.738. The molecule has 0 radical (unpaired) electrons. The first-order valence-corrected chi connectivity index (χ1v) is 4.08. The van der Waals surface area contributed by atoms with Crippen LogP contribution in [0.25, 0.3) is 0 Å². The van der Waals surface area contributed by atoms with Crippen LogP contribution in [0.2, 0.25) is 0 Å². The van der Waals surface area contributed by atoms with Crippen molar-refractivity contribution in [2.75, 3.05) is 0 Å². The van der Waals surface area contributed by atoms with Gasteiger partial charge < -0.3 is 10.2 Å². The SMILES string of the molecule is C[C@H](C(=O)O)c1ccccc1CO. The molecule has 1 atom stereocenters. The molecule has 3 nitrogen and oxygen atoms in total. The Morgan fingerprint density at radius 3 is 2.62 bits per heavy atom. The van der Waals surface area contributed by atoms with Gasteiger partial charge in [-0.25, -0.2) is 0 Å². The molecule has 0 amide bonds. The predicted octanol–water partition coefficient (Wildman–Crippen LogP) is 1.37. The molecule has 2 N–H and O–H groups in total. The topological polar surface area (TPSA) is 57.5 Å². The molecule has 1 rings (SSSR count). The summed E-state index contributed by atoms with van der Waals surface area (Å²) >= 11 is 0. The lowest BCUT2D eigenvalue weighted by Crippen LogP contribution is -2.09. The molecule has 0 saturated heterocycles. The Balaban J connectivity index is 3.05. The highest BCUT2D eigenvalue weighted by molar-refractivity contribution is 5.76. The lowest BCUT2D eigenvalue weighted by Gasteiger charge is -2.10. The van der Waals surface area contributed by atoms with E-state index >= 15 is 0 Å². The number of hydrogen-bond acceptors (Lipinski definition) is 2. The highest BCUT2D eigenvalue weighted by atomic mass is 16.4. The van der Waals surface area contributed by atoms with Gasteiger partial charge in [-0.15, -0.1) is 0 Å². The van der Waals surface area contributed by atoms with Crippen molar-refractivity contribution < 1.29 is 15.0 Å². The summed E-state index contributed by atoms with van der Waals surface area (Å²) in [6.45, 7) is 1.49. The summed E-state index contributed by atoms with van der Waals surface area (Å²) in [6.07, 6.45) is 0. The molecule has 0 bridgehead atoms. The van der Waals surface area contributed by atoms with Gasteiger partial charge in [0.05, 0.1) is 12.5 Å². The van der Waals surface area contributed by atoms with Gasteiger partial charge in [0.1, 0.15) is 0 Å². The van der Waals surface area contributed by atoms with E-state index in [0.717, 1.165) is 0 Å². The molecule has 13 heavy (non-hydrogen) atoms. The van der Waals surface area contributed by atoms with Crippen molar-refractivity contribution in [3.05, 3.63) is 35.4 Å². The number of benzene rings is 1. The fraction of sp³-hybridized carbons (Fsp3) is 0.300. The minimum absolute atomic E-state index is 0.117. The summed E-state index contributed by atoms with van der Waals surface area (Å²) < 4.78 is 0. The number of carboxylic acids is 1. The van der Waals surface area contributed by atoms with Crippen molar-refractivity contribution in [3.8, 4) is 0 Å². The number of aliphatic hydroxyl groups is 1. The fourth-order valence-corrected chi connectivity index (χ4v) is 1.23. The third kappa shape index (κ3) is 2.06. The Morgan fingerprint density at radius 2 is 2.08 bits per heavy atom. The van der Waals surface area contributed by atoms with Crippen LogP contribution in [-0.4, -0.2) is 16.2 Å². The standard InChI is InChI=1S/C10H12O3/c1-7(10(12)13)9-5-3-2-4-8(9)6-11/h2-5,7,11H,6H2,1H3,(H,12,13)/t7-/m0/s1. The number of hydrogen-bond donors (Lipinski definition) is 2. The Labute approximate surface area is 76.6 Å². The van der Waals surface area contributed by atoms with Crippen molar-refractivity contribution in [1.82, 2.24) is 0 Å². The molecule has 1 aromatic carbocycles. The maximum Gasteiger partial charge on any atom is 0.310 e. The minimum atomic E-state index is -0.874. The second-order valence-electron chi connectivity index (χ2n) is 2.92.